The molecular weight excluding hydrogens is 282 g/mol. The van der Waals surface area contributed by atoms with Gasteiger partial charge in [0.05, 0.1) is 18.8 Å². The summed E-state index contributed by atoms with van der Waals surface area (Å²) in [5, 5.41) is 0. The summed E-state index contributed by atoms with van der Waals surface area (Å²) in [6.07, 6.45) is 0.969. The summed E-state index contributed by atoms with van der Waals surface area (Å²) >= 11 is 0. The number of nitrogens with zero attached hydrogens (tertiary/aromatic N) is 1. The minimum atomic E-state index is -0.605. The average molecular weight is 303 g/mol. The third-order valence-electron chi connectivity index (χ3n) is 2.97. The summed E-state index contributed by atoms with van der Waals surface area (Å²) in [5.41, 5.74) is 0.869. The van der Waals surface area contributed by atoms with E-state index in [1.165, 1.54) is 11.0 Å². The van der Waals surface area contributed by atoms with Crippen LogP contribution in [0.5, 0.6) is 0 Å². The monoisotopic (exact) mass is 303 g/mol. The Hall–Kier alpha value is -2.14. The van der Waals surface area contributed by atoms with Gasteiger partial charge in [0.2, 0.25) is 0 Å². The molecule has 1 aromatic rings. The lowest BCUT2D eigenvalue weighted by molar-refractivity contribution is -0.120. The minimum absolute atomic E-state index is 0.0526. The Morgan fingerprint density at radius 2 is 1.91 bits per heavy atom. The van der Waals surface area contributed by atoms with Gasteiger partial charge in [-0.15, -0.1) is 0 Å². The van der Waals surface area contributed by atoms with Crippen LogP contribution < -0.4 is 0 Å². The van der Waals surface area contributed by atoms with Crippen molar-refractivity contribution < 1.29 is 19.1 Å². The molecule has 0 bridgehead atoms. The maximum absolute atomic E-state index is 12.5. The topological polar surface area (TPSA) is 55.8 Å². The van der Waals surface area contributed by atoms with Crippen LogP contribution in [-0.2, 0) is 20.8 Å². The fourth-order valence-electron chi connectivity index (χ4n) is 2.05. The third kappa shape index (κ3) is 4.70. The molecule has 118 valence electrons. The third-order valence-corrected chi connectivity index (χ3v) is 2.97. The molecule has 0 atom stereocenters. The zero-order chi connectivity index (χ0) is 16.2. The van der Waals surface area contributed by atoms with Gasteiger partial charge in [0.1, 0.15) is 12.2 Å². The highest BCUT2D eigenvalue weighted by Crippen LogP contribution is 2.19. The Labute approximate surface area is 130 Å². The minimum Gasteiger partial charge on any atom is -0.443 e. The first kappa shape index (κ1) is 16.2. The number of ketones is 1. The summed E-state index contributed by atoms with van der Waals surface area (Å²) < 4.78 is 10.7. The van der Waals surface area contributed by atoms with Crippen LogP contribution in [0.15, 0.2) is 42.1 Å². The molecule has 5 nitrogen and oxygen atoms in total. The first-order valence-electron chi connectivity index (χ1n) is 7.21. The van der Waals surface area contributed by atoms with Gasteiger partial charge in [-0.2, -0.15) is 0 Å². The van der Waals surface area contributed by atoms with Crippen LogP contribution in [0.2, 0.25) is 0 Å². The van der Waals surface area contributed by atoms with Gasteiger partial charge < -0.3 is 9.47 Å². The molecule has 5 heteroatoms. The molecule has 0 spiro atoms. The zero-order valence-electron chi connectivity index (χ0n) is 13.2. The Balaban J connectivity index is 2.24. The summed E-state index contributed by atoms with van der Waals surface area (Å²) in [5.74, 6) is -0.150. The molecule has 0 fully saturated rings. The molecule has 1 aliphatic rings. The van der Waals surface area contributed by atoms with Gasteiger partial charge in [-0.25, -0.2) is 4.79 Å². The van der Waals surface area contributed by atoms with Gasteiger partial charge in [-0.3, -0.25) is 9.69 Å². The number of ether oxygens (including phenoxy) is 2. The van der Waals surface area contributed by atoms with Crippen molar-refractivity contribution in [2.24, 2.45) is 0 Å². The van der Waals surface area contributed by atoms with E-state index in [4.69, 9.17) is 9.47 Å². The molecule has 0 aliphatic carbocycles. The molecule has 2 rings (SSSR count). The maximum atomic E-state index is 12.5. The smallest absolute Gasteiger partial charge is 0.414 e. The van der Waals surface area contributed by atoms with Gasteiger partial charge in [0, 0.05) is 6.08 Å². The molecule has 1 aliphatic heterocycles. The quantitative estimate of drug-likeness (QED) is 0.861. The molecule has 1 aromatic carbocycles. The van der Waals surface area contributed by atoms with Gasteiger partial charge in [-0.05, 0) is 26.3 Å². The second kappa shape index (κ2) is 6.75. The Kier molecular flexibility index (Phi) is 4.98. The van der Waals surface area contributed by atoms with Gasteiger partial charge >= 0.3 is 6.09 Å². The van der Waals surface area contributed by atoms with Crippen LogP contribution >= 0.6 is 0 Å². The molecule has 0 saturated heterocycles. The van der Waals surface area contributed by atoms with E-state index in [1.807, 2.05) is 51.1 Å². The largest absolute Gasteiger partial charge is 0.443 e. The molecule has 0 N–H and O–H groups in total. The highest BCUT2D eigenvalue weighted by Gasteiger charge is 2.27. The zero-order valence-corrected chi connectivity index (χ0v) is 13.2. The SMILES string of the molecule is CC(C)(C)OC(=O)N(Cc1ccccc1)C1=CC(=O)COC1. The normalized spacial score (nSPS) is 15.2. The van der Waals surface area contributed by atoms with Crippen LogP contribution in [0.25, 0.3) is 0 Å². The van der Waals surface area contributed by atoms with Gasteiger partial charge in [0.15, 0.2) is 5.78 Å². The van der Waals surface area contributed by atoms with E-state index in [0.717, 1.165) is 5.56 Å². The van der Waals surface area contributed by atoms with Crippen molar-refractivity contribution in [1.82, 2.24) is 4.90 Å². The average Bonchev–Trinajstić information content (AvgIpc) is 2.44. The molecule has 0 aromatic heterocycles. The number of benzene rings is 1. The van der Waals surface area contributed by atoms with Crippen molar-refractivity contribution in [2.75, 3.05) is 13.2 Å². The molecule has 0 radical (unpaired) electrons. The van der Waals surface area contributed by atoms with Crippen LogP contribution in [0.4, 0.5) is 4.79 Å². The highest BCUT2D eigenvalue weighted by atomic mass is 16.6. The fraction of sp³-hybridized carbons (Fsp3) is 0.412. The second-order valence-corrected chi connectivity index (χ2v) is 6.15. The Morgan fingerprint density at radius 3 is 2.50 bits per heavy atom. The van der Waals surface area contributed by atoms with Crippen molar-refractivity contribution in [3.63, 3.8) is 0 Å². The Morgan fingerprint density at radius 1 is 1.23 bits per heavy atom. The number of carbonyl (C=O) groups is 2. The highest BCUT2D eigenvalue weighted by molar-refractivity contribution is 5.92. The van der Waals surface area contributed by atoms with Crippen LogP contribution in [-0.4, -0.2) is 35.6 Å². The predicted molar refractivity (Wildman–Crippen MR) is 82.1 cm³/mol. The number of hydrogen-bond acceptors (Lipinski definition) is 4. The van der Waals surface area contributed by atoms with Crippen molar-refractivity contribution in [2.45, 2.75) is 32.9 Å². The van der Waals surface area contributed by atoms with E-state index in [2.05, 4.69) is 0 Å². The van der Waals surface area contributed by atoms with Gasteiger partial charge in [0.25, 0.3) is 0 Å². The summed E-state index contributed by atoms with van der Waals surface area (Å²) in [4.78, 5) is 25.5. The van der Waals surface area contributed by atoms with Crippen molar-refractivity contribution >= 4 is 11.9 Å². The molecule has 22 heavy (non-hydrogen) atoms. The van der Waals surface area contributed by atoms with E-state index in [9.17, 15) is 9.59 Å². The molecular formula is C17H21NO4. The second-order valence-electron chi connectivity index (χ2n) is 6.15. The number of amides is 1. The molecule has 1 amide bonds. The lowest BCUT2D eigenvalue weighted by Crippen LogP contribution is -2.38. The van der Waals surface area contributed by atoms with Crippen LogP contribution in [0.1, 0.15) is 26.3 Å². The van der Waals surface area contributed by atoms with E-state index in [0.29, 0.717) is 12.2 Å². The van der Waals surface area contributed by atoms with Crippen molar-refractivity contribution in [3.05, 3.63) is 47.7 Å². The first-order chi connectivity index (χ1) is 10.3. The first-order valence-corrected chi connectivity index (χ1v) is 7.21. The van der Waals surface area contributed by atoms with Crippen LogP contribution in [0, 0.1) is 0 Å². The summed E-state index contributed by atoms with van der Waals surface area (Å²) in [6.45, 7) is 6.03. The predicted octanol–water partition coefficient (Wildman–Crippen LogP) is 2.91. The van der Waals surface area contributed by atoms with E-state index < -0.39 is 11.7 Å². The molecule has 0 saturated carbocycles. The summed E-state index contributed by atoms with van der Waals surface area (Å²) in [7, 11) is 0. The number of carbonyl (C=O) groups excluding carboxylic acids is 2. The standard InChI is InChI=1S/C17H21NO4/c1-17(2,3)22-16(20)18(10-13-7-5-4-6-8-13)14-9-15(19)12-21-11-14/h4-9H,10-12H2,1-3H3. The van der Waals surface area contributed by atoms with Crippen LogP contribution in [0.3, 0.4) is 0 Å². The van der Waals surface area contributed by atoms with Crippen molar-refractivity contribution in [1.29, 1.82) is 0 Å². The Bertz CT molecular complexity index is 572. The van der Waals surface area contributed by atoms with Gasteiger partial charge in [-0.1, -0.05) is 30.3 Å². The molecule has 1 heterocycles. The van der Waals surface area contributed by atoms with Crippen molar-refractivity contribution in [3.8, 4) is 0 Å². The van der Waals surface area contributed by atoms with E-state index >= 15 is 0 Å². The van der Waals surface area contributed by atoms with E-state index in [-0.39, 0.29) is 19.0 Å². The number of hydrogen-bond donors (Lipinski definition) is 0. The lowest BCUT2D eigenvalue weighted by atomic mass is 10.2. The summed E-state index contributed by atoms with van der Waals surface area (Å²) in [6, 6.07) is 9.56. The molecule has 0 unspecified atom stereocenters. The lowest BCUT2D eigenvalue weighted by Gasteiger charge is -2.30. The van der Waals surface area contributed by atoms with E-state index in [1.54, 1.807) is 0 Å². The maximum Gasteiger partial charge on any atom is 0.414 e. The number of rotatable bonds is 3. The fourth-order valence-corrected chi connectivity index (χ4v) is 2.05.